The standard InChI is InChI=1S/C15H12N2O5.ClH/c1-8(16)15(19)22-9-2-3-10-13(6-9)20-7-11(14(10)18)12-4-5-21-17-12;/h2-8H,16H2,1H3;1H/t8-;/m1./s1. The summed E-state index contributed by atoms with van der Waals surface area (Å²) in [6, 6.07) is 5.65. The normalized spacial score (nSPS) is 11.7. The number of hydrogen-bond donors (Lipinski definition) is 1. The zero-order valence-electron chi connectivity index (χ0n) is 12.1. The molecular weight excluding hydrogens is 324 g/mol. The van der Waals surface area contributed by atoms with Crippen LogP contribution in [0.2, 0.25) is 0 Å². The van der Waals surface area contributed by atoms with Crippen LogP contribution < -0.4 is 28.3 Å². The molecule has 3 aromatic rings. The first-order valence-corrected chi connectivity index (χ1v) is 6.57. The first-order chi connectivity index (χ1) is 10.6. The molecule has 1 aromatic carbocycles. The Morgan fingerprint density at radius 3 is 2.78 bits per heavy atom. The Bertz CT molecular complexity index is 887. The maximum atomic E-state index is 12.4. The Balaban J connectivity index is 0.00000192. The summed E-state index contributed by atoms with van der Waals surface area (Å²) in [5, 5.41) is 4.08. The predicted octanol–water partition coefficient (Wildman–Crippen LogP) is -2.01. The molecule has 0 aliphatic carbocycles. The van der Waals surface area contributed by atoms with Gasteiger partial charge in [0.1, 0.15) is 29.6 Å². The van der Waals surface area contributed by atoms with E-state index >= 15 is 0 Å². The summed E-state index contributed by atoms with van der Waals surface area (Å²) in [6.45, 7) is 1.63. The molecule has 0 unspecified atom stereocenters. The molecule has 8 heteroatoms. The third kappa shape index (κ3) is 3.25. The number of benzene rings is 1. The predicted molar refractivity (Wildman–Crippen MR) is 76.0 cm³/mol. The summed E-state index contributed by atoms with van der Waals surface area (Å²) >= 11 is 0. The van der Waals surface area contributed by atoms with Crippen molar-refractivity contribution >= 4 is 16.9 Å². The molecule has 120 valence electrons. The van der Waals surface area contributed by atoms with Crippen LogP contribution in [0.3, 0.4) is 0 Å². The largest absolute Gasteiger partial charge is 1.00 e. The van der Waals surface area contributed by atoms with Gasteiger partial charge in [-0.05, 0) is 19.1 Å². The molecule has 0 amide bonds. The second kappa shape index (κ2) is 6.64. The van der Waals surface area contributed by atoms with E-state index in [9.17, 15) is 9.59 Å². The quantitative estimate of drug-likeness (QED) is 0.437. The van der Waals surface area contributed by atoms with Crippen molar-refractivity contribution in [2.24, 2.45) is 0 Å². The van der Waals surface area contributed by atoms with Crippen molar-refractivity contribution in [3.63, 3.8) is 0 Å². The van der Waals surface area contributed by atoms with E-state index in [1.807, 2.05) is 0 Å². The maximum absolute atomic E-state index is 12.4. The highest BCUT2D eigenvalue weighted by Gasteiger charge is 2.16. The van der Waals surface area contributed by atoms with Gasteiger partial charge in [-0.2, -0.15) is 0 Å². The Labute approximate surface area is 136 Å². The second-order valence-electron chi connectivity index (χ2n) is 4.84. The van der Waals surface area contributed by atoms with Crippen LogP contribution in [0.1, 0.15) is 6.92 Å². The molecular formula is C15H13ClN2O5. The highest BCUT2D eigenvalue weighted by Crippen LogP contribution is 2.22. The molecule has 2 heterocycles. The first kappa shape index (κ1) is 16.7. The van der Waals surface area contributed by atoms with E-state index in [2.05, 4.69) is 10.9 Å². The number of esters is 1. The second-order valence-corrected chi connectivity index (χ2v) is 4.84. The van der Waals surface area contributed by atoms with Crippen LogP contribution in [0, 0.1) is 0 Å². The average Bonchev–Trinajstić information content (AvgIpc) is 3.01. The highest BCUT2D eigenvalue weighted by atomic mass is 35.5. The van der Waals surface area contributed by atoms with Gasteiger partial charge in [0.05, 0.1) is 10.9 Å². The minimum Gasteiger partial charge on any atom is -1.00 e. The van der Waals surface area contributed by atoms with Crippen LogP contribution in [0.5, 0.6) is 5.75 Å². The lowest BCUT2D eigenvalue weighted by Gasteiger charge is -2.06. The van der Waals surface area contributed by atoms with Crippen LogP contribution in [0.25, 0.3) is 22.2 Å². The van der Waals surface area contributed by atoms with Gasteiger partial charge in [-0.25, -0.2) is 4.79 Å². The van der Waals surface area contributed by atoms with Crippen LogP contribution >= 0.6 is 0 Å². The Morgan fingerprint density at radius 1 is 1.35 bits per heavy atom. The van der Waals surface area contributed by atoms with E-state index in [-0.39, 0.29) is 17.8 Å². The van der Waals surface area contributed by atoms with Crippen molar-refractivity contribution < 1.29 is 36.6 Å². The fourth-order valence-electron chi connectivity index (χ4n) is 1.92. The lowest BCUT2D eigenvalue weighted by Crippen LogP contribution is -3.00. The van der Waals surface area contributed by atoms with E-state index in [1.54, 1.807) is 19.1 Å². The topological polar surface area (TPSA) is 110 Å². The van der Waals surface area contributed by atoms with Gasteiger partial charge in [0.2, 0.25) is 5.43 Å². The molecule has 7 nitrogen and oxygen atoms in total. The summed E-state index contributed by atoms with van der Waals surface area (Å²) in [6.07, 6.45) is 2.68. The Hall–Kier alpha value is -2.64. The van der Waals surface area contributed by atoms with Gasteiger partial charge in [0, 0.05) is 12.1 Å². The fraction of sp³-hybridized carbons (Fsp3) is 0.133. The number of halogens is 1. The van der Waals surface area contributed by atoms with Crippen LogP contribution in [-0.4, -0.2) is 17.2 Å². The number of rotatable bonds is 3. The highest BCUT2D eigenvalue weighted by molar-refractivity contribution is 5.83. The Kier molecular flexibility index (Phi) is 4.83. The van der Waals surface area contributed by atoms with Crippen molar-refractivity contribution in [3.8, 4) is 17.0 Å². The van der Waals surface area contributed by atoms with E-state index in [0.717, 1.165) is 0 Å². The van der Waals surface area contributed by atoms with Gasteiger partial charge in [0.15, 0.2) is 6.04 Å². The Morgan fingerprint density at radius 2 is 2.13 bits per heavy atom. The molecule has 0 saturated carbocycles. The number of aromatic nitrogens is 1. The van der Waals surface area contributed by atoms with Gasteiger partial charge < -0.3 is 31.8 Å². The van der Waals surface area contributed by atoms with E-state index in [4.69, 9.17) is 13.7 Å². The molecule has 0 saturated heterocycles. The minimum absolute atomic E-state index is 0. The maximum Gasteiger partial charge on any atom is 0.369 e. The van der Waals surface area contributed by atoms with E-state index < -0.39 is 12.0 Å². The van der Waals surface area contributed by atoms with E-state index in [0.29, 0.717) is 28.0 Å². The molecule has 3 N–H and O–H groups in total. The minimum atomic E-state index is -0.489. The summed E-state index contributed by atoms with van der Waals surface area (Å²) in [7, 11) is 0. The molecule has 23 heavy (non-hydrogen) atoms. The number of fused-ring (bicyclic) bond motifs is 1. The lowest BCUT2D eigenvalue weighted by molar-refractivity contribution is -0.401. The molecule has 3 rings (SSSR count). The molecule has 0 spiro atoms. The van der Waals surface area contributed by atoms with Crippen LogP contribution in [0.4, 0.5) is 0 Å². The SMILES string of the molecule is C[C@@H]([NH3+])C(=O)Oc1ccc2c(=O)c(-c3ccon3)coc2c1.[Cl-]. The number of carbonyl (C=O) groups excluding carboxylic acids is 1. The third-order valence-corrected chi connectivity index (χ3v) is 3.08. The third-order valence-electron chi connectivity index (χ3n) is 3.08. The monoisotopic (exact) mass is 336 g/mol. The zero-order chi connectivity index (χ0) is 15.7. The summed E-state index contributed by atoms with van der Waals surface area (Å²) < 4.78 is 15.3. The summed E-state index contributed by atoms with van der Waals surface area (Å²) in [5.74, 6) is -0.161. The fourth-order valence-corrected chi connectivity index (χ4v) is 1.92. The molecule has 0 aliphatic rings. The number of hydrogen-bond acceptors (Lipinski definition) is 6. The first-order valence-electron chi connectivity index (χ1n) is 6.57. The van der Waals surface area contributed by atoms with E-state index in [1.165, 1.54) is 24.7 Å². The number of ether oxygens (including phenoxy) is 1. The summed E-state index contributed by atoms with van der Waals surface area (Å²) in [4.78, 5) is 23.9. The van der Waals surface area contributed by atoms with Crippen molar-refractivity contribution in [1.29, 1.82) is 0 Å². The average molecular weight is 337 g/mol. The molecule has 0 fully saturated rings. The van der Waals surface area contributed by atoms with Crippen molar-refractivity contribution in [2.75, 3.05) is 0 Å². The van der Waals surface area contributed by atoms with Gasteiger partial charge in [0.25, 0.3) is 0 Å². The van der Waals surface area contributed by atoms with Gasteiger partial charge in [-0.15, -0.1) is 0 Å². The van der Waals surface area contributed by atoms with Crippen molar-refractivity contribution in [1.82, 2.24) is 5.16 Å². The molecule has 0 radical (unpaired) electrons. The van der Waals surface area contributed by atoms with Gasteiger partial charge in [-0.3, -0.25) is 4.79 Å². The molecule has 2 aromatic heterocycles. The molecule has 0 aliphatic heterocycles. The zero-order valence-corrected chi connectivity index (χ0v) is 12.9. The van der Waals surface area contributed by atoms with Crippen LogP contribution in [-0.2, 0) is 4.79 Å². The number of carbonyl (C=O) groups is 1. The summed E-state index contributed by atoms with van der Waals surface area (Å²) in [5.41, 5.74) is 4.37. The van der Waals surface area contributed by atoms with Crippen LogP contribution in [0.15, 0.2) is 50.5 Å². The molecule has 0 bridgehead atoms. The van der Waals surface area contributed by atoms with Crippen molar-refractivity contribution in [3.05, 3.63) is 47.0 Å². The number of nitrogens with zero attached hydrogens (tertiary/aromatic N) is 1. The molecule has 1 atom stereocenters. The smallest absolute Gasteiger partial charge is 0.369 e. The number of quaternary nitrogens is 1. The van der Waals surface area contributed by atoms with Gasteiger partial charge in [-0.1, -0.05) is 5.16 Å². The van der Waals surface area contributed by atoms with Gasteiger partial charge >= 0.3 is 5.97 Å². The van der Waals surface area contributed by atoms with Crippen molar-refractivity contribution in [2.45, 2.75) is 13.0 Å². The lowest BCUT2D eigenvalue weighted by atomic mass is 10.1.